The van der Waals surface area contributed by atoms with Gasteiger partial charge in [0.05, 0.1) is 11.9 Å². The van der Waals surface area contributed by atoms with Crippen LogP contribution in [0.5, 0.6) is 0 Å². The Kier molecular flexibility index (Phi) is 4.78. The summed E-state index contributed by atoms with van der Waals surface area (Å²) in [5.41, 5.74) is 0. The molecular formula is C11H22N2O3S. The maximum absolute atomic E-state index is 11.8. The predicted molar refractivity (Wildman–Crippen MR) is 66.4 cm³/mol. The third kappa shape index (κ3) is 4.54. The molecule has 2 heterocycles. The first-order chi connectivity index (χ1) is 8.16. The van der Waals surface area contributed by atoms with E-state index in [0.29, 0.717) is 19.1 Å². The molecule has 0 amide bonds. The number of hydrogen-bond acceptors (Lipinski definition) is 4. The van der Waals surface area contributed by atoms with Gasteiger partial charge in [-0.05, 0) is 44.7 Å². The number of nitrogens with one attached hydrogen (secondary N) is 2. The van der Waals surface area contributed by atoms with Gasteiger partial charge in [0.1, 0.15) is 0 Å². The molecule has 17 heavy (non-hydrogen) atoms. The van der Waals surface area contributed by atoms with E-state index in [4.69, 9.17) is 4.74 Å². The van der Waals surface area contributed by atoms with E-state index in [1.54, 1.807) is 0 Å². The fourth-order valence-electron chi connectivity index (χ4n) is 2.41. The Morgan fingerprint density at radius 3 is 2.65 bits per heavy atom. The standard InChI is InChI=1S/C11H22N2O3S/c14-17(15,9-11-2-1-7-16-11)13-8-10-3-5-12-6-4-10/h10-13H,1-9H2. The zero-order valence-electron chi connectivity index (χ0n) is 10.2. The van der Waals surface area contributed by atoms with Crippen molar-refractivity contribution >= 4 is 10.0 Å². The monoisotopic (exact) mass is 262 g/mol. The van der Waals surface area contributed by atoms with Crippen molar-refractivity contribution in [2.24, 2.45) is 5.92 Å². The summed E-state index contributed by atoms with van der Waals surface area (Å²) < 4.78 is 31.7. The molecule has 2 aliphatic rings. The second-order valence-corrected chi connectivity index (χ2v) is 6.81. The van der Waals surface area contributed by atoms with Gasteiger partial charge in [-0.15, -0.1) is 0 Å². The molecule has 2 N–H and O–H groups in total. The van der Waals surface area contributed by atoms with Crippen molar-refractivity contribution in [3.8, 4) is 0 Å². The van der Waals surface area contributed by atoms with Crippen molar-refractivity contribution in [3.05, 3.63) is 0 Å². The molecule has 5 nitrogen and oxygen atoms in total. The topological polar surface area (TPSA) is 67.4 Å². The van der Waals surface area contributed by atoms with Gasteiger partial charge in [-0.2, -0.15) is 0 Å². The Labute approximate surface area is 103 Å². The summed E-state index contributed by atoms with van der Waals surface area (Å²) in [7, 11) is -3.16. The molecule has 0 aromatic carbocycles. The molecule has 0 saturated carbocycles. The lowest BCUT2D eigenvalue weighted by Crippen LogP contribution is -2.38. The molecule has 2 fully saturated rings. The molecule has 1 unspecified atom stereocenters. The number of ether oxygens (including phenoxy) is 1. The van der Waals surface area contributed by atoms with Crippen molar-refractivity contribution < 1.29 is 13.2 Å². The first-order valence-electron chi connectivity index (χ1n) is 6.45. The first kappa shape index (κ1) is 13.3. The van der Waals surface area contributed by atoms with Crippen LogP contribution >= 0.6 is 0 Å². The fourth-order valence-corrected chi connectivity index (χ4v) is 3.77. The van der Waals surface area contributed by atoms with Crippen LogP contribution < -0.4 is 10.0 Å². The quantitative estimate of drug-likeness (QED) is 0.736. The lowest BCUT2D eigenvalue weighted by atomic mass is 9.99. The van der Waals surface area contributed by atoms with Gasteiger partial charge in [0.15, 0.2) is 0 Å². The predicted octanol–water partition coefficient (Wildman–Crippen LogP) is 0.0844. The van der Waals surface area contributed by atoms with E-state index in [1.807, 2.05) is 0 Å². The molecule has 0 aromatic rings. The fraction of sp³-hybridized carbons (Fsp3) is 1.00. The van der Waals surface area contributed by atoms with Gasteiger partial charge >= 0.3 is 0 Å². The van der Waals surface area contributed by atoms with Crippen molar-refractivity contribution in [1.29, 1.82) is 0 Å². The van der Waals surface area contributed by atoms with Crippen molar-refractivity contribution in [2.75, 3.05) is 32.0 Å². The zero-order chi connectivity index (χ0) is 12.1. The van der Waals surface area contributed by atoms with Gasteiger partial charge < -0.3 is 10.1 Å². The van der Waals surface area contributed by atoms with Crippen molar-refractivity contribution in [1.82, 2.24) is 10.0 Å². The van der Waals surface area contributed by atoms with Gasteiger partial charge in [0.2, 0.25) is 10.0 Å². The highest BCUT2D eigenvalue weighted by atomic mass is 32.2. The van der Waals surface area contributed by atoms with Gasteiger partial charge in [0.25, 0.3) is 0 Å². The van der Waals surface area contributed by atoms with Crippen LogP contribution in [0.3, 0.4) is 0 Å². The maximum atomic E-state index is 11.8. The average molecular weight is 262 g/mol. The molecule has 0 bridgehead atoms. The largest absolute Gasteiger partial charge is 0.377 e. The lowest BCUT2D eigenvalue weighted by Gasteiger charge is -2.23. The van der Waals surface area contributed by atoms with E-state index in [2.05, 4.69) is 10.0 Å². The molecule has 0 radical (unpaired) electrons. The Bertz CT molecular complexity index is 320. The highest BCUT2D eigenvalue weighted by molar-refractivity contribution is 7.89. The second-order valence-electron chi connectivity index (χ2n) is 4.96. The minimum Gasteiger partial charge on any atom is -0.377 e. The molecule has 2 aliphatic heterocycles. The number of hydrogen-bond donors (Lipinski definition) is 2. The summed E-state index contributed by atoms with van der Waals surface area (Å²) in [6, 6.07) is 0. The normalized spacial score (nSPS) is 27.4. The van der Waals surface area contributed by atoms with Crippen LogP contribution in [0.2, 0.25) is 0 Å². The van der Waals surface area contributed by atoms with Crippen LogP contribution in [0.1, 0.15) is 25.7 Å². The zero-order valence-corrected chi connectivity index (χ0v) is 11.0. The molecule has 6 heteroatoms. The third-order valence-electron chi connectivity index (χ3n) is 3.48. The molecule has 0 aliphatic carbocycles. The third-order valence-corrected chi connectivity index (χ3v) is 4.90. The molecular weight excluding hydrogens is 240 g/mol. The number of sulfonamides is 1. The van der Waals surface area contributed by atoms with E-state index in [9.17, 15) is 8.42 Å². The van der Waals surface area contributed by atoms with Gasteiger partial charge in [-0.1, -0.05) is 0 Å². The molecule has 1 atom stereocenters. The Morgan fingerprint density at radius 1 is 1.24 bits per heavy atom. The SMILES string of the molecule is O=S(=O)(CC1CCCO1)NCC1CCNCC1. The first-order valence-corrected chi connectivity index (χ1v) is 8.10. The van der Waals surface area contributed by atoms with Crippen LogP contribution in [-0.2, 0) is 14.8 Å². The summed E-state index contributed by atoms with van der Waals surface area (Å²) in [4.78, 5) is 0. The van der Waals surface area contributed by atoms with Crippen LogP contribution in [-0.4, -0.2) is 46.5 Å². The molecule has 2 rings (SSSR count). The van der Waals surface area contributed by atoms with E-state index < -0.39 is 10.0 Å². The Hall–Kier alpha value is -0.170. The Morgan fingerprint density at radius 2 is 2.00 bits per heavy atom. The Balaban J connectivity index is 1.72. The van der Waals surface area contributed by atoms with Crippen LogP contribution in [0, 0.1) is 5.92 Å². The number of piperidine rings is 1. The van der Waals surface area contributed by atoms with E-state index >= 15 is 0 Å². The summed E-state index contributed by atoms with van der Waals surface area (Å²) >= 11 is 0. The second kappa shape index (κ2) is 6.13. The lowest BCUT2D eigenvalue weighted by molar-refractivity contribution is 0.127. The van der Waals surface area contributed by atoms with E-state index in [0.717, 1.165) is 38.8 Å². The summed E-state index contributed by atoms with van der Waals surface area (Å²) in [6.45, 7) is 3.28. The van der Waals surface area contributed by atoms with Gasteiger partial charge in [-0.3, -0.25) is 0 Å². The summed E-state index contributed by atoms with van der Waals surface area (Å²) in [5, 5.41) is 3.27. The minimum absolute atomic E-state index is 0.0967. The number of rotatable bonds is 5. The average Bonchev–Trinajstić information content (AvgIpc) is 2.80. The van der Waals surface area contributed by atoms with Gasteiger partial charge in [-0.25, -0.2) is 13.1 Å². The van der Waals surface area contributed by atoms with Crippen LogP contribution in [0.15, 0.2) is 0 Å². The van der Waals surface area contributed by atoms with Crippen LogP contribution in [0.4, 0.5) is 0 Å². The van der Waals surface area contributed by atoms with Crippen molar-refractivity contribution in [3.63, 3.8) is 0 Å². The van der Waals surface area contributed by atoms with Gasteiger partial charge in [0, 0.05) is 13.2 Å². The molecule has 0 spiro atoms. The summed E-state index contributed by atoms with van der Waals surface area (Å²) in [6.07, 6.45) is 3.87. The maximum Gasteiger partial charge on any atom is 0.214 e. The minimum atomic E-state index is -3.16. The molecule has 2 saturated heterocycles. The highest BCUT2D eigenvalue weighted by Crippen LogP contribution is 2.14. The molecule has 0 aromatic heterocycles. The van der Waals surface area contributed by atoms with Crippen molar-refractivity contribution in [2.45, 2.75) is 31.8 Å². The molecule has 100 valence electrons. The van der Waals surface area contributed by atoms with Crippen LogP contribution in [0.25, 0.3) is 0 Å². The van der Waals surface area contributed by atoms with E-state index in [-0.39, 0.29) is 11.9 Å². The summed E-state index contributed by atoms with van der Waals surface area (Å²) in [5.74, 6) is 0.605. The highest BCUT2D eigenvalue weighted by Gasteiger charge is 2.24. The smallest absolute Gasteiger partial charge is 0.214 e. The van der Waals surface area contributed by atoms with E-state index in [1.165, 1.54) is 0 Å².